The van der Waals surface area contributed by atoms with Crippen LogP contribution in [-0.4, -0.2) is 26.2 Å². The molecule has 0 amide bonds. The summed E-state index contributed by atoms with van der Waals surface area (Å²) in [6.45, 7) is 0. The highest BCUT2D eigenvalue weighted by Gasteiger charge is 2.44. The summed E-state index contributed by atoms with van der Waals surface area (Å²) in [6.07, 6.45) is -4.94. The third-order valence-electron chi connectivity index (χ3n) is 5.36. The summed E-state index contributed by atoms with van der Waals surface area (Å²) in [5.74, 6) is -3.76. The average Bonchev–Trinajstić information content (AvgIpc) is 2.86. The summed E-state index contributed by atoms with van der Waals surface area (Å²) in [6, 6.07) is 13.0. The number of anilines is 1. The molecule has 0 radical (unpaired) electrons. The van der Waals surface area contributed by atoms with Gasteiger partial charge in [-0.15, -0.1) is 0 Å². The Bertz CT molecular complexity index is 1390. The van der Waals surface area contributed by atoms with Gasteiger partial charge in [-0.25, -0.2) is 9.59 Å². The standard InChI is InChI=1S/C24H16BrF3N4O4/c1-35-22(33)19-18(12-6-4-3-5-7-12)14(11-30)21(31)32(20(19)23(34)36-2)17-9-15(24(26,27)28)13(10-29)8-16(17)25/h3-9,18H,31H2,1-2H3. The van der Waals surface area contributed by atoms with Crippen LogP contribution in [-0.2, 0) is 25.2 Å². The van der Waals surface area contributed by atoms with E-state index in [2.05, 4.69) is 15.9 Å². The summed E-state index contributed by atoms with van der Waals surface area (Å²) in [5.41, 5.74) is 3.18. The molecule has 0 bridgehead atoms. The van der Waals surface area contributed by atoms with Crippen molar-refractivity contribution >= 4 is 33.6 Å². The van der Waals surface area contributed by atoms with Crippen LogP contribution < -0.4 is 10.6 Å². The quantitative estimate of drug-likeness (QED) is 0.549. The highest BCUT2D eigenvalue weighted by atomic mass is 79.9. The highest BCUT2D eigenvalue weighted by Crippen LogP contribution is 2.46. The molecule has 3 rings (SSSR count). The van der Waals surface area contributed by atoms with E-state index in [9.17, 15) is 33.3 Å². The monoisotopic (exact) mass is 560 g/mol. The van der Waals surface area contributed by atoms with Gasteiger partial charge in [0.2, 0.25) is 0 Å². The number of nitriles is 2. The minimum atomic E-state index is -4.94. The molecular weight excluding hydrogens is 545 g/mol. The minimum Gasteiger partial charge on any atom is -0.466 e. The van der Waals surface area contributed by atoms with Crippen LogP contribution in [0.15, 0.2) is 69.6 Å². The van der Waals surface area contributed by atoms with Gasteiger partial charge in [0.1, 0.15) is 11.5 Å². The molecule has 1 aliphatic rings. The molecule has 0 aliphatic carbocycles. The van der Waals surface area contributed by atoms with E-state index in [4.69, 9.17) is 15.2 Å². The van der Waals surface area contributed by atoms with Crippen molar-refractivity contribution in [1.29, 1.82) is 10.5 Å². The number of hydrogen-bond acceptors (Lipinski definition) is 8. The lowest BCUT2D eigenvalue weighted by Crippen LogP contribution is -2.41. The van der Waals surface area contributed by atoms with Gasteiger partial charge >= 0.3 is 18.1 Å². The molecule has 2 aromatic carbocycles. The lowest BCUT2D eigenvalue weighted by atomic mass is 9.81. The fraction of sp³-hybridized carbons (Fsp3) is 0.167. The smallest absolute Gasteiger partial charge is 0.417 e. The number of hydrogen-bond donors (Lipinski definition) is 1. The van der Waals surface area contributed by atoms with Crippen LogP contribution in [0.25, 0.3) is 0 Å². The normalized spacial score (nSPS) is 15.8. The summed E-state index contributed by atoms with van der Waals surface area (Å²) in [7, 11) is 2.05. The van der Waals surface area contributed by atoms with Crippen molar-refractivity contribution in [2.45, 2.75) is 12.1 Å². The Morgan fingerprint density at radius 1 is 1.06 bits per heavy atom. The predicted octanol–water partition coefficient (Wildman–Crippen LogP) is 4.24. The van der Waals surface area contributed by atoms with Crippen molar-refractivity contribution in [1.82, 2.24) is 0 Å². The van der Waals surface area contributed by atoms with Gasteiger partial charge in [-0.3, -0.25) is 4.90 Å². The van der Waals surface area contributed by atoms with Gasteiger partial charge in [0.25, 0.3) is 0 Å². The number of methoxy groups -OCH3 is 2. The Labute approximate surface area is 211 Å². The second-order valence-electron chi connectivity index (χ2n) is 7.29. The first kappa shape index (κ1) is 26.3. The number of halogens is 4. The number of carbonyl (C=O) groups is 2. The van der Waals surface area contributed by atoms with Crippen LogP contribution in [0.1, 0.15) is 22.6 Å². The van der Waals surface area contributed by atoms with Gasteiger partial charge in [0.05, 0.1) is 60.2 Å². The maximum absolute atomic E-state index is 13.8. The van der Waals surface area contributed by atoms with E-state index < -0.39 is 46.7 Å². The van der Waals surface area contributed by atoms with E-state index in [0.29, 0.717) is 11.6 Å². The molecule has 0 saturated heterocycles. The Hall–Kier alpha value is -4.29. The molecule has 1 heterocycles. The van der Waals surface area contributed by atoms with Crippen LogP contribution in [0.3, 0.4) is 0 Å². The Balaban J connectivity index is 2.50. The molecule has 36 heavy (non-hydrogen) atoms. The van der Waals surface area contributed by atoms with Crippen molar-refractivity contribution in [3.63, 3.8) is 0 Å². The van der Waals surface area contributed by atoms with Crippen molar-refractivity contribution in [3.8, 4) is 12.1 Å². The molecule has 1 aliphatic heterocycles. The maximum atomic E-state index is 13.8. The van der Waals surface area contributed by atoms with E-state index in [1.165, 1.54) is 6.07 Å². The summed E-state index contributed by atoms with van der Waals surface area (Å²) in [4.78, 5) is 26.9. The van der Waals surface area contributed by atoms with Crippen LogP contribution in [0.5, 0.6) is 0 Å². The van der Waals surface area contributed by atoms with Crippen molar-refractivity contribution < 1.29 is 32.2 Å². The number of rotatable bonds is 4. The Morgan fingerprint density at radius 2 is 1.67 bits per heavy atom. The Kier molecular flexibility index (Phi) is 7.41. The van der Waals surface area contributed by atoms with Gasteiger partial charge < -0.3 is 15.2 Å². The summed E-state index contributed by atoms with van der Waals surface area (Å²) in [5, 5.41) is 19.2. The van der Waals surface area contributed by atoms with E-state index in [1.807, 2.05) is 6.07 Å². The zero-order valence-corrected chi connectivity index (χ0v) is 20.3. The molecule has 12 heteroatoms. The van der Waals surface area contributed by atoms with Gasteiger partial charge in [-0.2, -0.15) is 23.7 Å². The number of allylic oxidation sites excluding steroid dienone is 1. The number of alkyl halides is 3. The van der Waals surface area contributed by atoms with Gasteiger partial charge in [-0.05, 0) is 33.6 Å². The molecular formula is C24H16BrF3N4O4. The highest BCUT2D eigenvalue weighted by molar-refractivity contribution is 9.10. The minimum absolute atomic E-state index is 0.0731. The van der Waals surface area contributed by atoms with Crippen LogP contribution in [0.4, 0.5) is 18.9 Å². The molecule has 1 atom stereocenters. The molecule has 8 nitrogen and oxygen atoms in total. The van der Waals surface area contributed by atoms with E-state index in [-0.39, 0.29) is 21.3 Å². The SMILES string of the molecule is COC(=O)C1=C(C(=O)OC)N(c2cc(C(F)(F)F)c(C#N)cc2Br)C(N)=C(C#N)C1c1ccccc1. The molecule has 184 valence electrons. The first-order valence-corrected chi connectivity index (χ1v) is 10.8. The first-order chi connectivity index (χ1) is 17.0. The van der Waals surface area contributed by atoms with Crippen LogP contribution in [0.2, 0.25) is 0 Å². The number of ether oxygens (including phenoxy) is 2. The third kappa shape index (κ3) is 4.51. The van der Waals surface area contributed by atoms with E-state index >= 15 is 0 Å². The number of nitrogens with two attached hydrogens (primary N) is 1. The lowest BCUT2D eigenvalue weighted by molar-refractivity contribution is -0.139. The van der Waals surface area contributed by atoms with Crippen molar-refractivity contribution in [3.05, 3.63) is 86.3 Å². The molecule has 0 saturated carbocycles. The van der Waals surface area contributed by atoms with E-state index in [0.717, 1.165) is 25.2 Å². The predicted molar refractivity (Wildman–Crippen MR) is 123 cm³/mol. The molecule has 2 N–H and O–H groups in total. The Morgan fingerprint density at radius 3 is 2.17 bits per heavy atom. The topological polar surface area (TPSA) is 129 Å². The number of esters is 2. The number of nitrogens with zero attached hydrogens (tertiary/aromatic N) is 3. The number of benzene rings is 2. The van der Waals surface area contributed by atoms with Crippen molar-refractivity contribution in [2.24, 2.45) is 5.73 Å². The molecule has 0 fully saturated rings. The van der Waals surface area contributed by atoms with Crippen LogP contribution in [0, 0.1) is 22.7 Å². The first-order valence-electron chi connectivity index (χ1n) is 9.98. The maximum Gasteiger partial charge on any atom is 0.417 e. The summed E-state index contributed by atoms with van der Waals surface area (Å²) < 4.78 is 50.9. The zero-order valence-electron chi connectivity index (χ0n) is 18.7. The third-order valence-corrected chi connectivity index (χ3v) is 6.00. The van der Waals surface area contributed by atoms with Crippen molar-refractivity contribution in [2.75, 3.05) is 19.1 Å². The summed E-state index contributed by atoms with van der Waals surface area (Å²) >= 11 is 3.11. The average molecular weight is 561 g/mol. The fourth-order valence-corrected chi connectivity index (χ4v) is 4.34. The second kappa shape index (κ2) is 10.1. The van der Waals surface area contributed by atoms with Gasteiger partial charge in [0, 0.05) is 4.47 Å². The molecule has 2 aromatic rings. The lowest BCUT2D eigenvalue weighted by Gasteiger charge is -2.36. The van der Waals surface area contributed by atoms with E-state index in [1.54, 1.807) is 30.3 Å². The largest absolute Gasteiger partial charge is 0.466 e. The number of carbonyl (C=O) groups excluding carboxylic acids is 2. The second-order valence-corrected chi connectivity index (χ2v) is 8.15. The molecule has 0 aromatic heterocycles. The molecule has 1 unspecified atom stereocenters. The molecule has 0 spiro atoms. The van der Waals surface area contributed by atoms with Gasteiger partial charge in [0.15, 0.2) is 0 Å². The van der Waals surface area contributed by atoms with Crippen LogP contribution >= 0.6 is 15.9 Å². The zero-order chi connectivity index (χ0) is 26.8. The fourth-order valence-electron chi connectivity index (χ4n) is 3.82. The van der Waals surface area contributed by atoms with Gasteiger partial charge in [-0.1, -0.05) is 30.3 Å².